The Labute approximate surface area is 180 Å². The van der Waals surface area contributed by atoms with E-state index >= 15 is 0 Å². The van der Waals surface area contributed by atoms with E-state index in [1.165, 1.54) is 11.1 Å². The molecule has 0 atom stereocenters. The van der Waals surface area contributed by atoms with Gasteiger partial charge in [-0.2, -0.15) is 6.42 Å². The van der Waals surface area contributed by atoms with Gasteiger partial charge in [-0.1, -0.05) is 69.2 Å². The molecule has 26 heavy (non-hydrogen) atoms. The zero-order chi connectivity index (χ0) is 18.1. The summed E-state index contributed by atoms with van der Waals surface area (Å²) in [7, 11) is 0. The molecule has 2 aromatic carbocycles. The third-order valence-electron chi connectivity index (χ3n) is 4.67. The van der Waals surface area contributed by atoms with Crippen LogP contribution >= 0.6 is 0 Å². The average Bonchev–Trinajstić information content (AvgIpc) is 2.71. The molecule has 4 heteroatoms. The molecule has 0 spiro atoms. The van der Waals surface area contributed by atoms with Crippen LogP contribution in [0.15, 0.2) is 54.6 Å². The second-order valence-corrected chi connectivity index (χ2v) is 6.11. The third-order valence-corrected chi connectivity index (χ3v) is 4.67. The predicted octanol–water partition coefficient (Wildman–Crippen LogP) is 4.58. The first-order valence-electron chi connectivity index (χ1n) is 8.91. The smallest absolute Gasteiger partial charge is 0.542 e. The minimum absolute atomic E-state index is 0. The van der Waals surface area contributed by atoms with Crippen LogP contribution in [-0.4, -0.2) is 25.7 Å². The molecule has 0 N–H and O–H groups in total. The molecule has 3 rings (SSSR count). The topological polar surface area (TPSA) is 37.4 Å². The minimum Gasteiger partial charge on any atom is -0.542 e. The van der Waals surface area contributed by atoms with E-state index < -0.39 is 5.41 Å². The molecule has 0 bridgehead atoms. The first-order valence-corrected chi connectivity index (χ1v) is 8.91. The van der Waals surface area contributed by atoms with Crippen molar-refractivity contribution in [3.8, 4) is 11.1 Å². The van der Waals surface area contributed by atoms with Gasteiger partial charge >= 0.3 is 31.1 Å². The van der Waals surface area contributed by atoms with Crippen molar-refractivity contribution >= 4 is 18.3 Å². The Morgan fingerprint density at radius 3 is 2.12 bits per heavy atom. The summed E-state index contributed by atoms with van der Waals surface area (Å²) in [6, 6.07) is 18.7. The number of anilines is 1. The molecule has 1 aliphatic heterocycles. The molecule has 0 unspecified atom stereocenters. The molecular weight excluding hydrogens is 548 g/mol. The largest absolute Gasteiger partial charge is 2.00 e. The Hall–Kier alpha value is -1.37. The van der Waals surface area contributed by atoms with E-state index in [2.05, 4.69) is 47.6 Å². The molecule has 134 valence electrons. The van der Waals surface area contributed by atoms with Crippen LogP contribution in [0.4, 0.5) is 5.69 Å². The fraction of sp³-hybridized carbons (Fsp3) is 0.364. The molecule has 0 aromatic heterocycles. The first-order chi connectivity index (χ1) is 12.3. The van der Waals surface area contributed by atoms with Crippen LogP contribution in [0.5, 0.6) is 0 Å². The molecule has 0 amide bonds. The second kappa shape index (κ2) is 11.4. The molecule has 3 nitrogen and oxygen atoms in total. The van der Waals surface area contributed by atoms with Gasteiger partial charge in [-0.25, -0.2) is 0 Å². The van der Waals surface area contributed by atoms with E-state index in [0.29, 0.717) is 12.8 Å². The summed E-state index contributed by atoms with van der Waals surface area (Å²) < 4.78 is 0. The molecular formula is C22H25NO2U. The molecule has 1 saturated heterocycles. The third kappa shape index (κ3) is 5.56. The van der Waals surface area contributed by atoms with Gasteiger partial charge in [-0.05, 0) is 23.3 Å². The molecule has 1 fully saturated rings. The van der Waals surface area contributed by atoms with Crippen LogP contribution in [0.3, 0.4) is 0 Å². The minimum atomic E-state index is -0.630. The van der Waals surface area contributed by atoms with Gasteiger partial charge in [0.15, 0.2) is 0 Å². The zero-order valence-electron chi connectivity index (χ0n) is 15.5. The van der Waals surface area contributed by atoms with Crippen molar-refractivity contribution in [3.63, 3.8) is 0 Å². The first kappa shape index (κ1) is 22.7. The van der Waals surface area contributed by atoms with Crippen LogP contribution in [-0.2, 0) is 9.59 Å². The van der Waals surface area contributed by atoms with Gasteiger partial charge in [0.25, 0.3) is 0 Å². The fourth-order valence-electron chi connectivity index (χ4n) is 3.16. The van der Waals surface area contributed by atoms with Crippen molar-refractivity contribution in [1.82, 2.24) is 0 Å². The van der Waals surface area contributed by atoms with Crippen LogP contribution in [0, 0.1) is 36.5 Å². The number of benzene rings is 2. The summed E-state index contributed by atoms with van der Waals surface area (Å²) in [4.78, 5) is 24.2. The Balaban J connectivity index is 0.00000109. The van der Waals surface area contributed by atoms with E-state index in [9.17, 15) is 9.59 Å². The van der Waals surface area contributed by atoms with Gasteiger partial charge in [-0.3, -0.25) is 12.6 Å². The Bertz CT molecular complexity index is 680. The van der Waals surface area contributed by atoms with Crippen molar-refractivity contribution in [3.05, 3.63) is 54.6 Å². The average molecular weight is 573 g/mol. The van der Waals surface area contributed by atoms with Gasteiger partial charge in [0.1, 0.15) is 0 Å². The van der Waals surface area contributed by atoms with Crippen LogP contribution in [0.1, 0.15) is 33.1 Å². The van der Waals surface area contributed by atoms with Gasteiger partial charge in [0.2, 0.25) is 0 Å². The SMILES string of the molecule is CC.O=[C-]CC1([C-]=O)CCN(c2cccc(-c3ccccc3)c2)CC1.[U+2]. The summed E-state index contributed by atoms with van der Waals surface area (Å²) in [6.45, 7) is 5.52. The van der Waals surface area contributed by atoms with Gasteiger partial charge in [0.05, 0.1) is 0 Å². The zero-order valence-corrected chi connectivity index (χ0v) is 19.7. The van der Waals surface area contributed by atoms with E-state index in [-0.39, 0.29) is 37.5 Å². The fourth-order valence-corrected chi connectivity index (χ4v) is 3.16. The van der Waals surface area contributed by atoms with Crippen molar-refractivity contribution in [2.24, 2.45) is 5.41 Å². The molecule has 0 aliphatic carbocycles. The van der Waals surface area contributed by atoms with Crippen molar-refractivity contribution in [2.45, 2.75) is 33.1 Å². The van der Waals surface area contributed by atoms with Crippen molar-refractivity contribution in [1.29, 1.82) is 0 Å². The maximum atomic E-state index is 11.2. The number of piperidine rings is 1. The van der Waals surface area contributed by atoms with Crippen LogP contribution in [0.2, 0.25) is 0 Å². The number of rotatable bonds is 5. The standard InChI is InChI=1S/C20H19NO2.C2H6.U/c22-14-11-20(16-23)9-12-21(13-10-20)19-8-4-7-18(15-19)17-5-2-1-3-6-17;1-2;/h1-8,15H,9-13H2;1-2H3;/q-2;;+2. The quantitative estimate of drug-likeness (QED) is 0.492. The number of nitrogens with zero attached hydrogens (tertiary/aromatic N) is 1. The molecule has 0 saturated carbocycles. The van der Waals surface area contributed by atoms with Crippen LogP contribution < -0.4 is 4.90 Å². The number of hydrogen-bond donors (Lipinski definition) is 0. The van der Waals surface area contributed by atoms with E-state index in [1.54, 1.807) is 0 Å². The van der Waals surface area contributed by atoms with E-state index in [0.717, 1.165) is 18.8 Å². The van der Waals surface area contributed by atoms with E-state index in [4.69, 9.17) is 0 Å². The van der Waals surface area contributed by atoms with Gasteiger partial charge < -0.3 is 14.5 Å². The maximum Gasteiger partial charge on any atom is 2.00 e. The summed E-state index contributed by atoms with van der Waals surface area (Å²) in [5.41, 5.74) is 2.90. The number of hydrogen-bond acceptors (Lipinski definition) is 3. The van der Waals surface area contributed by atoms with Crippen molar-refractivity contribution in [2.75, 3.05) is 18.0 Å². The summed E-state index contributed by atoms with van der Waals surface area (Å²) >= 11 is 0. The van der Waals surface area contributed by atoms with Gasteiger partial charge in [-0.15, -0.1) is 5.41 Å². The van der Waals surface area contributed by atoms with Gasteiger partial charge in [0, 0.05) is 18.8 Å². The summed E-state index contributed by atoms with van der Waals surface area (Å²) in [5, 5.41) is 0. The second-order valence-electron chi connectivity index (χ2n) is 6.11. The maximum absolute atomic E-state index is 11.2. The van der Waals surface area contributed by atoms with Crippen molar-refractivity contribution < 1.29 is 40.7 Å². The monoisotopic (exact) mass is 573 g/mol. The molecule has 2 aromatic rings. The molecule has 0 radical (unpaired) electrons. The number of carbonyl (C=O) groups excluding carboxylic acids is 2. The van der Waals surface area contributed by atoms with Crippen LogP contribution in [0.25, 0.3) is 11.1 Å². The Morgan fingerprint density at radius 1 is 0.923 bits per heavy atom. The Kier molecular flexibility index (Phi) is 9.91. The molecule has 1 aliphatic rings. The summed E-state index contributed by atoms with van der Waals surface area (Å²) in [6.07, 6.45) is 5.44. The van der Waals surface area contributed by atoms with E-state index in [1.807, 2.05) is 38.3 Å². The normalized spacial score (nSPS) is 15.1. The summed E-state index contributed by atoms with van der Waals surface area (Å²) in [5.74, 6) is 0. The Morgan fingerprint density at radius 2 is 1.54 bits per heavy atom. The predicted molar refractivity (Wildman–Crippen MR) is 103 cm³/mol. The molecule has 1 heterocycles.